The molecule has 0 bridgehead atoms. The third-order valence-electron chi connectivity index (χ3n) is 4.99. The number of carbonyl (C=O) groups excluding carboxylic acids is 2. The maximum Gasteiger partial charge on any atom is 0.278 e. The Balaban J connectivity index is 1.76. The third kappa shape index (κ3) is 3.91. The lowest BCUT2D eigenvalue weighted by molar-refractivity contribution is -0.384. The highest BCUT2D eigenvalue weighted by Crippen LogP contribution is 2.32. The Morgan fingerprint density at radius 2 is 1.68 bits per heavy atom. The van der Waals surface area contributed by atoms with Crippen molar-refractivity contribution in [1.82, 2.24) is 9.88 Å². The molecule has 1 aliphatic rings. The molecule has 0 fully saturated rings. The molecule has 0 aliphatic carbocycles. The predicted molar refractivity (Wildman–Crippen MR) is 115 cm³/mol. The highest BCUT2D eigenvalue weighted by molar-refractivity contribution is 6.36. The SMILES string of the molecule is Cc1ccccc1NC1=C(c2ccc([N+](=O)[O-])cc2)C(=O)N(Cc2ccccn2)C1=O. The molecule has 0 saturated carbocycles. The van der Waals surface area contributed by atoms with E-state index in [2.05, 4.69) is 10.3 Å². The molecule has 2 aromatic carbocycles. The van der Waals surface area contributed by atoms with Gasteiger partial charge >= 0.3 is 0 Å². The summed E-state index contributed by atoms with van der Waals surface area (Å²) in [5.74, 6) is -0.965. The minimum Gasteiger partial charge on any atom is -0.350 e. The summed E-state index contributed by atoms with van der Waals surface area (Å²) in [4.78, 5) is 42.3. The number of nitrogens with one attached hydrogen (secondary N) is 1. The Morgan fingerprint density at radius 1 is 0.968 bits per heavy atom. The van der Waals surface area contributed by atoms with Crippen LogP contribution in [-0.2, 0) is 16.1 Å². The molecule has 1 aromatic heterocycles. The van der Waals surface area contributed by atoms with Crippen LogP contribution in [0.2, 0.25) is 0 Å². The largest absolute Gasteiger partial charge is 0.350 e. The average molecular weight is 414 g/mol. The molecule has 1 aliphatic heterocycles. The van der Waals surface area contributed by atoms with Gasteiger partial charge in [0.15, 0.2) is 0 Å². The van der Waals surface area contributed by atoms with Gasteiger partial charge in [-0.1, -0.05) is 24.3 Å². The summed E-state index contributed by atoms with van der Waals surface area (Å²) < 4.78 is 0. The third-order valence-corrected chi connectivity index (χ3v) is 4.99. The van der Waals surface area contributed by atoms with Gasteiger partial charge in [-0.3, -0.25) is 29.6 Å². The number of aromatic nitrogens is 1. The Kier molecular flexibility index (Phi) is 5.28. The van der Waals surface area contributed by atoms with E-state index in [1.165, 1.54) is 24.3 Å². The zero-order valence-electron chi connectivity index (χ0n) is 16.6. The second-order valence-corrected chi connectivity index (χ2v) is 7.01. The Hall–Kier alpha value is -4.33. The normalized spacial score (nSPS) is 13.6. The summed E-state index contributed by atoms with van der Waals surface area (Å²) >= 11 is 0. The number of hydrogen-bond acceptors (Lipinski definition) is 6. The number of hydrogen-bond donors (Lipinski definition) is 1. The number of para-hydroxylation sites is 1. The number of pyridine rings is 1. The van der Waals surface area contributed by atoms with Crippen LogP contribution in [0.3, 0.4) is 0 Å². The van der Waals surface area contributed by atoms with E-state index in [1.54, 1.807) is 24.4 Å². The van der Waals surface area contributed by atoms with E-state index in [0.29, 0.717) is 16.9 Å². The molecular formula is C23H18N4O4. The smallest absolute Gasteiger partial charge is 0.278 e. The first-order valence-electron chi connectivity index (χ1n) is 9.53. The summed E-state index contributed by atoms with van der Waals surface area (Å²) in [6.07, 6.45) is 1.59. The highest BCUT2D eigenvalue weighted by atomic mass is 16.6. The molecule has 3 aromatic rings. The number of carbonyl (C=O) groups is 2. The van der Waals surface area contributed by atoms with Gasteiger partial charge in [0.05, 0.1) is 22.7 Å². The van der Waals surface area contributed by atoms with Crippen LogP contribution in [0.25, 0.3) is 5.57 Å². The van der Waals surface area contributed by atoms with Crippen molar-refractivity contribution in [2.24, 2.45) is 0 Å². The van der Waals surface area contributed by atoms with Crippen molar-refractivity contribution >= 4 is 28.8 Å². The maximum absolute atomic E-state index is 13.3. The minimum absolute atomic E-state index is 0.0218. The average Bonchev–Trinajstić information content (AvgIpc) is 3.00. The molecule has 31 heavy (non-hydrogen) atoms. The molecule has 0 spiro atoms. The molecule has 1 N–H and O–H groups in total. The van der Waals surface area contributed by atoms with Gasteiger partial charge in [0.2, 0.25) is 0 Å². The van der Waals surface area contributed by atoms with Crippen LogP contribution >= 0.6 is 0 Å². The maximum atomic E-state index is 13.3. The fourth-order valence-electron chi connectivity index (χ4n) is 3.35. The van der Waals surface area contributed by atoms with E-state index in [1.807, 2.05) is 31.2 Å². The van der Waals surface area contributed by atoms with E-state index in [0.717, 1.165) is 10.5 Å². The van der Waals surface area contributed by atoms with Crippen molar-refractivity contribution in [2.75, 3.05) is 5.32 Å². The van der Waals surface area contributed by atoms with Gasteiger partial charge in [0.1, 0.15) is 5.70 Å². The molecule has 0 saturated heterocycles. The first-order valence-corrected chi connectivity index (χ1v) is 9.53. The van der Waals surface area contributed by atoms with Crippen molar-refractivity contribution in [2.45, 2.75) is 13.5 Å². The van der Waals surface area contributed by atoms with Crippen molar-refractivity contribution in [3.63, 3.8) is 0 Å². The molecule has 8 nitrogen and oxygen atoms in total. The van der Waals surface area contributed by atoms with Crippen molar-refractivity contribution in [3.05, 3.63) is 106 Å². The van der Waals surface area contributed by atoms with Gasteiger partial charge in [-0.05, 0) is 48.4 Å². The van der Waals surface area contributed by atoms with E-state index in [-0.39, 0.29) is 23.5 Å². The monoisotopic (exact) mass is 414 g/mol. The molecule has 2 heterocycles. The number of aryl methyl sites for hydroxylation is 1. The Labute approximate surface area is 178 Å². The number of nitrogens with zero attached hydrogens (tertiary/aromatic N) is 3. The van der Waals surface area contributed by atoms with Crippen LogP contribution in [0.1, 0.15) is 16.8 Å². The standard InChI is InChI=1S/C23H18N4O4/c1-15-6-2-3-8-19(15)25-21-20(16-9-11-18(12-10-16)27(30)31)22(28)26(23(21)29)14-17-7-4-5-13-24-17/h2-13,25H,14H2,1H3. The number of nitro benzene ring substituents is 1. The fraction of sp³-hybridized carbons (Fsp3) is 0.0870. The number of amides is 2. The lowest BCUT2D eigenvalue weighted by Crippen LogP contribution is -2.32. The summed E-state index contributed by atoms with van der Waals surface area (Å²) in [6.45, 7) is 1.91. The second-order valence-electron chi connectivity index (χ2n) is 7.01. The summed E-state index contributed by atoms with van der Waals surface area (Å²) in [5.41, 5.74) is 2.79. The molecule has 8 heteroatoms. The van der Waals surface area contributed by atoms with E-state index < -0.39 is 16.7 Å². The van der Waals surface area contributed by atoms with Gasteiger partial charge in [0.25, 0.3) is 17.5 Å². The highest BCUT2D eigenvalue weighted by Gasteiger charge is 2.39. The molecule has 0 unspecified atom stereocenters. The number of non-ortho nitro benzene ring substituents is 1. The van der Waals surface area contributed by atoms with Gasteiger partial charge in [-0.15, -0.1) is 0 Å². The zero-order valence-corrected chi connectivity index (χ0v) is 16.6. The molecule has 0 radical (unpaired) electrons. The van der Waals surface area contributed by atoms with E-state index in [4.69, 9.17) is 0 Å². The van der Waals surface area contributed by atoms with Crippen LogP contribution in [0.15, 0.2) is 78.6 Å². The van der Waals surface area contributed by atoms with E-state index in [9.17, 15) is 19.7 Å². The van der Waals surface area contributed by atoms with Crippen molar-refractivity contribution in [1.29, 1.82) is 0 Å². The number of nitro groups is 1. The summed E-state index contributed by atoms with van der Waals surface area (Å²) in [6, 6.07) is 18.3. The lowest BCUT2D eigenvalue weighted by Gasteiger charge is -2.15. The van der Waals surface area contributed by atoms with Gasteiger partial charge in [-0.2, -0.15) is 0 Å². The van der Waals surface area contributed by atoms with Crippen LogP contribution in [0, 0.1) is 17.0 Å². The molecular weight excluding hydrogens is 396 g/mol. The first-order chi connectivity index (χ1) is 15.0. The topological polar surface area (TPSA) is 105 Å². The number of imide groups is 1. The summed E-state index contributed by atoms with van der Waals surface area (Å²) in [5, 5.41) is 14.1. The van der Waals surface area contributed by atoms with Crippen molar-refractivity contribution < 1.29 is 14.5 Å². The molecule has 4 rings (SSSR count). The van der Waals surface area contributed by atoms with Gasteiger partial charge < -0.3 is 5.32 Å². The molecule has 154 valence electrons. The summed E-state index contributed by atoms with van der Waals surface area (Å²) in [7, 11) is 0. The van der Waals surface area contributed by atoms with Crippen molar-refractivity contribution in [3.8, 4) is 0 Å². The lowest BCUT2D eigenvalue weighted by atomic mass is 10.0. The molecule has 0 atom stereocenters. The minimum atomic E-state index is -0.514. The van der Waals surface area contributed by atoms with Crippen LogP contribution in [0.4, 0.5) is 11.4 Å². The number of rotatable bonds is 6. The van der Waals surface area contributed by atoms with Gasteiger partial charge in [0, 0.05) is 24.0 Å². The van der Waals surface area contributed by atoms with Crippen LogP contribution in [0.5, 0.6) is 0 Å². The fourth-order valence-corrected chi connectivity index (χ4v) is 3.35. The first kappa shape index (κ1) is 20.0. The molecule has 2 amide bonds. The zero-order chi connectivity index (χ0) is 22.0. The van der Waals surface area contributed by atoms with Gasteiger partial charge in [-0.25, -0.2) is 0 Å². The van der Waals surface area contributed by atoms with Crippen LogP contribution < -0.4 is 5.32 Å². The number of anilines is 1. The van der Waals surface area contributed by atoms with E-state index >= 15 is 0 Å². The Bertz CT molecular complexity index is 1200. The predicted octanol–water partition coefficient (Wildman–Crippen LogP) is 3.69. The quantitative estimate of drug-likeness (QED) is 0.375. The number of benzene rings is 2. The van der Waals surface area contributed by atoms with Crippen LogP contribution in [-0.4, -0.2) is 26.6 Å². The Morgan fingerprint density at radius 3 is 2.32 bits per heavy atom. The second kappa shape index (κ2) is 8.19.